The minimum absolute atomic E-state index is 0.110. The molecular weight excluding hydrogens is 335 g/mol. The monoisotopic (exact) mass is 362 g/mol. The van der Waals surface area contributed by atoms with Crippen molar-refractivity contribution in [1.29, 1.82) is 0 Å². The highest BCUT2D eigenvalue weighted by Crippen LogP contribution is 2.44. The highest BCUT2D eigenvalue weighted by atomic mass is 33.1. The highest BCUT2D eigenvalue weighted by molar-refractivity contribution is 8.67. The van der Waals surface area contributed by atoms with Gasteiger partial charge in [0, 0.05) is 20.0 Å². The number of esters is 1. The zero-order valence-corrected chi connectivity index (χ0v) is 16.0. The van der Waals surface area contributed by atoms with E-state index in [1.807, 2.05) is 0 Å². The van der Waals surface area contributed by atoms with E-state index in [2.05, 4.69) is 18.2 Å². The SMILES string of the molecule is C=C(C)C(=O)OC1CCC(C2CCC(POSS)CC2)CC1. The Balaban J connectivity index is 1.67. The topological polar surface area (TPSA) is 35.5 Å². The van der Waals surface area contributed by atoms with Gasteiger partial charge in [-0.15, -0.1) is 0 Å². The Bertz CT molecular complexity index is 376. The largest absolute Gasteiger partial charge is 0.459 e. The lowest BCUT2D eigenvalue weighted by atomic mass is 9.73. The quantitative estimate of drug-likeness (QED) is 0.173. The first kappa shape index (κ1) is 18.6. The predicted molar refractivity (Wildman–Crippen MR) is 98.4 cm³/mol. The molecule has 0 radical (unpaired) electrons. The van der Waals surface area contributed by atoms with E-state index in [-0.39, 0.29) is 12.1 Å². The second kappa shape index (κ2) is 9.56. The van der Waals surface area contributed by atoms with Crippen molar-refractivity contribution in [2.45, 2.75) is 70.1 Å². The Morgan fingerprint density at radius 1 is 1.09 bits per heavy atom. The van der Waals surface area contributed by atoms with Gasteiger partial charge in [0.2, 0.25) is 0 Å². The molecule has 0 heterocycles. The predicted octanol–water partition coefficient (Wildman–Crippen LogP) is 5.33. The van der Waals surface area contributed by atoms with Gasteiger partial charge in [-0.05, 0) is 70.1 Å². The van der Waals surface area contributed by atoms with Gasteiger partial charge in [0.25, 0.3) is 0 Å². The molecule has 0 amide bonds. The Morgan fingerprint density at radius 3 is 2.14 bits per heavy atom. The van der Waals surface area contributed by atoms with E-state index in [0.29, 0.717) is 14.4 Å². The van der Waals surface area contributed by atoms with Gasteiger partial charge in [0.05, 0.1) is 11.1 Å². The molecule has 2 aliphatic carbocycles. The van der Waals surface area contributed by atoms with Crippen molar-refractivity contribution >= 4 is 37.5 Å². The maximum atomic E-state index is 11.6. The molecule has 0 aliphatic heterocycles. The summed E-state index contributed by atoms with van der Waals surface area (Å²) in [6, 6.07) is 0. The number of carbonyl (C=O) groups is 1. The van der Waals surface area contributed by atoms with E-state index in [0.717, 1.165) is 30.3 Å². The van der Waals surface area contributed by atoms with Crippen molar-refractivity contribution < 1.29 is 13.5 Å². The van der Waals surface area contributed by atoms with E-state index >= 15 is 0 Å². The van der Waals surface area contributed by atoms with Gasteiger partial charge in [-0.2, -0.15) is 0 Å². The van der Waals surface area contributed by atoms with Crippen LogP contribution in [0.2, 0.25) is 0 Å². The third kappa shape index (κ3) is 5.74. The summed E-state index contributed by atoms with van der Waals surface area (Å²) in [5.74, 6) is 1.46. The molecular formula is C16H27O3PS2. The van der Waals surface area contributed by atoms with Gasteiger partial charge in [-0.1, -0.05) is 18.2 Å². The number of carbonyl (C=O) groups excluding carboxylic acids is 1. The van der Waals surface area contributed by atoms with E-state index in [9.17, 15) is 4.79 Å². The average molecular weight is 362 g/mol. The molecule has 2 aliphatic rings. The number of rotatable bonds is 6. The molecule has 0 aromatic carbocycles. The van der Waals surface area contributed by atoms with Gasteiger partial charge in [-0.25, -0.2) is 4.79 Å². The van der Waals surface area contributed by atoms with Crippen molar-refractivity contribution in [2.24, 2.45) is 11.8 Å². The fourth-order valence-electron chi connectivity index (χ4n) is 3.73. The first-order chi connectivity index (χ1) is 10.6. The summed E-state index contributed by atoms with van der Waals surface area (Å²) in [6.45, 7) is 5.36. The van der Waals surface area contributed by atoms with E-state index in [1.54, 1.807) is 6.92 Å². The smallest absolute Gasteiger partial charge is 0.333 e. The molecule has 0 spiro atoms. The standard InChI is InChI=1S/C16H27O3PS2/c1-11(2)16(17)18-14-7-3-12(4-8-14)13-5-9-15(10-6-13)20-19-22-21/h12-15,20-21H,1,3-10H2,2H3. The lowest BCUT2D eigenvalue weighted by molar-refractivity contribution is -0.146. The number of hydrogen-bond acceptors (Lipinski definition) is 5. The molecule has 0 aromatic rings. The van der Waals surface area contributed by atoms with Crippen molar-refractivity contribution in [3.63, 3.8) is 0 Å². The minimum atomic E-state index is -0.230. The number of ether oxygens (including phenoxy) is 1. The lowest BCUT2D eigenvalue weighted by Crippen LogP contribution is -2.30. The van der Waals surface area contributed by atoms with Crippen LogP contribution in [-0.4, -0.2) is 17.7 Å². The normalized spacial score (nSPS) is 33.0. The molecule has 0 bridgehead atoms. The summed E-state index contributed by atoms with van der Waals surface area (Å²) in [5, 5.41) is 0. The summed E-state index contributed by atoms with van der Waals surface area (Å²) in [5.41, 5.74) is 1.24. The van der Waals surface area contributed by atoms with Crippen LogP contribution in [0.1, 0.15) is 58.3 Å². The molecule has 22 heavy (non-hydrogen) atoms. The molecule has 0 N–H and O–H groups in total. The van der Waals surface area contributed by atoms with Crippen molar-refractivity contribution in [3.05, 3.63) is 12.2 Å². The van der Waals surface area contributed by atoms with Crippen LogP contribution in [0.5, 0.6) is 0 Å². The zero-order chi connectivity index (χ0) is 15.9. The van der Waals surface area contributed by atoms with Gasteiger partial charge in [0.15, 0.2) is 0 Å². The van der Waals surface area contributed by atoms with Gasteiger partial charge in [-0.3, -0.25) is 3.97 Å². The van der Waals surface area contributed by atoms with Crippen molar-refractivity contribution in [1.82, 2.24) is 0 Å². The van der Waals surface area contributed by atoms with Crippen LogP contribution in [0, 0.1) is 11.8 Å². The molecule has 6 heteroatoms. The summed E-state index contributed by atoms with van der Waals surface area (Å²) in [4.78, 5) is 11.6. The van der Waals surface area contributed by atoms with Crippen molar-refractivity contribution in [3.8, 4) is 0 Å². The molecule has 2 saturated carbocycles. The summed E-state index contributed by atoms with van der Waals surface area (Å²) in [7, 11) is 0.591. The van der Waals surface area contributed by atoms with E-state index < -0.39 is 0 Å². The second-order valence-electron chi connectivity index (χ2n) is 6.61. The fraction of sp³-hybridized carbons (Fsp3) is 0.812. The third-order valence-electron chi connectivity index (χ3n) is 5.03. The number of thiol groups is 1. The highest BCUT2D eigenvalue weighted by Gasteiger charge is 2.32. The van der Waals surface area contributed by atoms with Crippen LogP contribution in [0.4, 0.5) is 0 Å². The van der Waals surface area contributed by atoms with Crippen LogP contribution in [0.25, 0.3) is 0 Å². The first-order valence-corrected chi connectivity index (χ1v) is 11.0. The Labute approximate surface area is 145 Å². The van der Waals surface area contributed by atoms with Gasteiger partial charge < -0.3 is 4.74 Å². The average Bonchev–Trinajstić information content (AvgIpc) is 2.54. The summed E-state index contributed by atoms with van der Waals surface area (Å²) >= 11 is 5.22. The molecule has 2 fully saturated rings. The third-order valence-corrected chi connectivity index (χ3v) is 7.30. The molecule has 3 nitrogen and oxygen atoms in total. The summed E-state index contributed by atoms with van der Waals surface area (Å²) < 4.78 is 10.9. The summed E-state index contributed by atoms with van der Waals surface area (Å²) in [6.07, 6.45) is 9.81. The van der Waals surface area contributed by atoms with Crippen LogP contribution in [-0.2, 0) is 13.5 Å². The van der Waals surface area contributed by atoms with E-state index in [4.69, 9.17) is 8.71 Å². The van der Waals surface area contributed by atoms with Gasteiger partial charge >= 0.3 is 5.97 Å². The van der Waals surface area contributed by atoms with E-state index in [1.165, 1.54) is 49.6 Å². The van der Waals surface area contributed by atoms with Crippen LogP contribution >= 0.6 is 31.5 Å². The molecule has 0 aromatic heterocycles. The fourth-order valence-corrected chi connectivity index (χ4v) is 5.40. The maximum absolute atomic E-state index is 11.6. The second-order valence-corrected chi connectivity index (χ2v) is 8.93. The molecule has 0 saturated heterocycles. The Kier molecular flexibility index (Phi) is 8.10. The number of hydrogen-bond donors (Lipinski definition) is 1. The molecule has 126 valence electrons. The Hall–Kier alpha value is 0.300. The lowest BCUT2D eigenvalue weighted by Gasteiger charge is -2.37. The molecule has 1 atom stereocenters. The van der Waals surface area contributed by atoms with Crippen molar-refractivity contribution in [2.75, 3.05) is 0 Å². The minimum Gasteiger partial charge on any atom is -0.459 e. The Morgan fingerprint density at radius 2 is 1.64 bits per heavy atom. The zero-order valence-electron chi connectivity index (χ0n) is 13.3. The maximum Gasteiger partial charge on any atom is 0.333 e. The van der Waals surface area contributed by atoms with Crippen LogP contribution in [0.15, 0.2) is 12.2 Å². The molecule has 2 rings (SSSR count). The van der Waals surface area contributed by atoms with Gasteiger partial charge in [0.1, 0.15) is 6.10 Å². The first-order valence-electron chi connectivity index (χ1n) is 8.19. The molecule has 1 unspecified atom stereocenters. The van der Waals surface area contributed by atoms with Crippen LogP contribution in [0.3, 0.4) is 0 Å². The van der Waals surface area contributed by atoms with Crippen LogP contribution < -0.4 is 0 Å².